The number of ether oxygens (including phenoxy) is 1. The van der Waals surface area contributed by atoms with E-state index >= 15 is 0 Å². The highest BCUT2D eigenvalue weighted by molar-refractivity contribution is 5.39. The molecule has 1 aromatic carbocycles. The Kier molecular flexibility index (Phi) is 3.52. The van der Waals surface area contributed by atoms with Crippen LogP contribution < -0.4 is 10.1 Å². The Balaban J connectivity index is 1.53. The van der Waals surface area contributed by atoms with Crippen molar-refractivity contribution in [3.05, 3.63) is 29.8 Å². The summed E-state index contributed by atoms with van der Waals surface area (Å²) in [6.07, 6.45) is 2.54. The second-order valence-electron chi connectivity index (χ2n) is 5.53. The average molecular weight is 246 g/mol. The summed E-state index contributed by atoms with van der Waals surface area (Å²) in [7, 11) is 2.21. The molecule has 0 aliphatic carbocycles. The van der Waals surface area contributed by atoms with Gasteiger partial charge in [-0.3, -0.25) is 0 Å². The lowest BCUT2D eigenvalue weighted by Crippen LogP contribution is -2.42. The Bertz CT molecular complexity index is 399. The van der Waals surface area contributed by atoms with E-state index in [0.717, 1.165) is 18.9 Å². The van der Waals surface area contributed by atoms with Gasteiger partial charge in [-0.05, 0) is 39.0 Å². The van der Waals surface area contributed by atoms with Crippen molar-refractivity contribution in [2.45, 2.75) is 24.8 Å². The van der Waals surface area contributed by atoms with Crippen molar-refractivity contribution in [2.24, 2.45) is 0 Å². The van der Waals surface area contributed by atoms with Gasteiger partial charge in [-0.1, -0.05) is 18.2 Å². The maximum Gasteiger partial charge on any atom is 0.122 e. The molecule has 1 N–H and O–H groups in total. The number of benzene rings is 1. The lowest BCUT2D eigenvalue weighted by molar-refractivity contribution is 0.230. The summed E-state index contributed by atoms with van der Waals surface area (Å²) in [4.78, 5) is 2.41. The van der Waals surface area contributed by atoms with Gasteiger partial charge in [0.25, 0.3) is 0 Å². The van der Waals surface area contributed by atoms with E-state index in [9.17, 15) is 0 Å². The molecule has 0 saturated carbocycles. The third-order valence-corrected chi connectivity index (χ3v) is 4.17. The summed E-state index contributed by atoms with van der Waals surface area (Å²) in [6.45, 7) is 4.31. The fourth-order valence-electron chi connectivity index (χ4n) is 2.92. The standard InChI is InChI=1S/C15H22N2O/c1-17-8-6-13(7-9-17)16-10-12-11-18-15-5-3-2-4-14(12)15/h2-5,12-13,16H,6-11H2,1H3. The van der Waals surface area contributed by atoms with E-state index in [1.165, 1.54) is 31.5 Å². The highest BCUT2D eigenvalue weighted by atomic mass is 16.5. The predicted molar refractivity (Wildman–Crippen MR) is 73.2 cm³/mol. The van der Waals surface area contributed by atoms with Crippen LogP contribution >= 0.6 is 0 Å². The summed E-state index contributed by atoms with van der Waals surface area (Å²) in [5, 5.41) is 3.72. The minimum Gasteiger partial charge on any atom is -0.493 e. The normalized spacial score (nSPS) is 24.8. The lowest BCUT2D eigenvalue weighted by Gasteiger charge is -2.30. The van der Waals surface area contributed by atoms with Crippen molar-refractivity contribution >= 4 is 0 Å². The summed E-state index contributed by atoms with van der Waals surface area (Å²) in [5.41, 5.74) is 1.37. The van der Waals surface area contributed by atoms with Crippen molar-refractivity contribution in [1.29, 1.82) is 0 Å². The molecule has 1 fully saturated rings. The van der Waals surface area contributed by atoms with E-state index in [1.54, 1.807) is 0 Å². The topological polar surface area (TPSA) is 24.5 Å². The van der Waals surface area contributed by atoms with Crippen LogP contribution in [-0.4, -0.2) is 44.2 Å². The van der Waals surface area contributed by atoms with Crippen molar-refractivity contribution < 1.29 is 4.74 Å². The number of hydrogen-bond acceptors (Lipinski definition) is 3. The zero-order valence-corrected chi connectivity index (χ0v) is 11.1. The molecule has 0 aromatic heterocycles. The van der Waals surface area contributed by atoms with Gasteiger partial charge in [0.1, 0.15) is 5.75 Å². The molecule has 0 amide bonds. The molecule has 3 nitrogen and oxygen atoms in total. The third-order valence-electron chi connectivity index (χ3n) is 4.17. The maximum atomic E-state index is 5.72. The Morgan fingerprint density at radius 3 is 2.89 bits per heavy atom. The summed E-state index contributed by atoms with van der Waals surface area (Å²) >= 11 is 0. The van der Waals surface area contributed by atoms with Gasteiger partial charge in [-0.25, -0.2) is 0 Å². The van der Waals surface area contributed by atoms with Crippen LogP contribution in [0.2, 0.25) is 0 Å². The number of fused-ring (bicyclic) bond motifs is 1. The second-order valence-corrected chi connectivity index (χ2v) is 5.53. The summed E-state index contributed by atoms with van der Waals surface area (Å²) in [6, 6.07) is 9.12. The fraction of sp³-hybridized carbons (Fsp3) is 0.600. The van der Waals surface area contributed by atoms with Crippen molar-refractivity contribution in [3.63, 3.8) is 0 Å². The van der Waals surface area contributed by atoms with Crippen LogP contribution in [0.4, 0.5) is 0 Å². The van der Waals surface area contributed by atoms with E-state index in [-0.39, 0.29) is 0 Å². The van der Waals surface area contributed by atoms with E-state index < -0.39 is 0 Å². The molecule has 3 rings (SSSR count). The molecule has 2 aliphatic rings. The molecule has 0 spiro atoms. The molecule has 1 saturated heterocycles. The molecule has 0 bridgehead atoms. The summed E-state index contributed by atoms with van der Waals surface area (Å²) in [5.74, 6) is 1.61. The zero-order chi connectivity index (χ0) is 12.4. The van der Waals surface area contributed by atoms with Gasteiger partial charge in [0.05, 0.1) is 6.61 Å². The fourth-order valence-corrected chi connectivity index (χ4v) is 2.92. The van der Waals surface area contributed by atoms with Gasteiger partial charge in [0, 0.05) is 24.1 Å². The quantitative estimate of drug-likeness (QED) is 0.881. The number of nitrogens with zero attached hydrogens (tertiary/aromatic N) is 1. The van der Waals surface area contributed by atoms with Gasteiger partial charge in [0.15, 0.2) is 0 Å². The van der Waals surface area contributed by atoms with Crippen LogP contribution in [-0.2, 0) is 0 Å². The molecule has 18 heavy (non-hydrogen) atoms. The number of likely N-dealkylation sites (tertiary alicyclic amines) is 1. The first-order valence-electron chi connectivity index (χ1n) is 6.96. The lowest BCUT2D eigenvalue weighted by atomic mass is 9.99. The Morgan fingerprint density at radius 2 is 2.06 bits per heavy atom. The minimum atomic E-state index is 0.529. The highest BCUT2D eigenvalue weighted by Gasteiger charge is 2.24. The number of rotatable bonds is 3. The van der Waals surface area contributed by atoms with Crippen LogP contribution in [0.1, 0.15) is 24.3 Å². The molecular formula is C15H22N2O. The maximum absolute atomic E-state index is 5.72. The van der Waals surface area contributed by atoms with E-state index in [0.29, 0.717) is 12.0 Å². The van der Waals surface area contributed by atoms with Crippen LogP contribution in [0.15, 0.2) is 24.3 Å². The first-order chi connectivity index (χ1) is 8.83. The number of hydrogen-bond donors (Lipinski definition) is 1. The predicted octanol–water partition coefficient (Wildman–Crippen LogP) is 1.85. The number of piperidine rings is 1. The van der Waals surface area contributed by atoms with Crippen molar-refractivity contribution in [3.8, 4) is 5.75 Å². The molecule has 2 aliphatic heterocycles. The Hall–Kier alpha value is -1.06. The van der Waals surface area contributed by atoms with Gasteiger partial charge >= 0.3 is 0 Å². The van der Waals surface area contributed by atoms with E-state index in [4.69, 9.17) is 4.74 Å². The number of nitrogens with one attached hydrogen (secondary N) is 1. The van der Waals surface area contributed by atoms with Crippen molar-refractivity contribution in [2.75, 3.05) is 33.3 Å². The monoisotopic (exact) mass is 246 g/mol. The molecule has 1 unspecified atom stereocenters. The average Bonchev–Trinajstić information content (AvgIpc) is 2.82. The molecular weight excluding hydrogens is 224 g/mol. The van der Waals surface area contributed by atoms with E-state index in [2.05, 4.69) is 35.5 Å². The Morgan fingerprint density at radius 1 is 1.28 bits per heavy atom. The highest BCUT2D eigenvalue weighted by Crippen LogP contribution is 2.33. The third kappa shape index (κ3) is 2.52. The molecule has 3 heteroatoms. The first kappa shape index (κ1) is 12.0. The van der Waals surface area contributed by atoms with E-state index in [1.807, 2.05) is 6.07 Å². The van der Waals surface area contributed by atoms with Crippen LogP contribution in [0.5, 0.6) is 5.75 Å². The van der Waals surface area contributed by atoms with Gasteiger partial charge in [-0.15, -0.1) is 0 Å². The zero-order valence-electron chi connectivity index (χ0n) is 11.1. The van der Waals surface area contributed by atoms with Gasteiger partial charge in [0.2, 0.25) is 0 Å². The Labute approximate surface area is 109 Å². The first-order valence-corrected chi connectivity index (χ1v) is 6.96. The molecule has 1 aromatic rings. The van der Waals surface area contributed by atoms with Crippen LogP contribution in [0, 0.1) is 0 Å². The van der Waals surface area contributed by atoms with Crippen LogP contribution in [0.25, 0.3) is 0 Å². The SMILES string of the molecule is CN1CCC(NCC2COc3ccccc32)CC1. The molecule has 2 heterocycles. The van der Waals surface area contributed by atoms with Crippen LogP contribution in [0.3, 0.4) is 0 Å². The summed E-state index contributed by atoms with van der Waals surface area (Å²) < 4.78 is 5.72. The smallest absolute Gasteiger partial charge is 0.122 e. The molecule has 98 valence electrons. The minimum absolute atomic E-state index is 0.529. The largest absolute Gasteiger partial charge is 0.493 e. The second kappa shape index (κ2) is 5.29. The van der Waals surface area contributed by atoms with Gasteiger partial charge in [-0.2, -0.15) is 0 Å². The number of para-hydroxylation sites is 1. The molecule has 1 atom stereocenters. The van der Waals surface area contributed by atoms with Gasteiger partial charge < -0.3 is 15.0 Å². The molecule has 0 radical (unpaired) electrons. The van der Waals surface area contributed by atoms with Crippen molar-refractivity contribution in [1.82, 2.24) is 10.2 Å².